The first kappa shape index (κ1) is 18.9. The van der Waals surface area contributed by atoms with Crippen LogP contribution >= 0.6 is 0 Å². The van der Waals surface area contributed by atoms with Crippen LogP contribution in [0.3, 0.4) is 0 Å². The van der Waals surface area contributed by atoms with Crippen molar-refractivity contribution in [3.05, 3.63) is 46.6 Å². The third-order valence-electron chi connectivity index (χ3n) is 3.81. The predicted octanol–water partition coefficient (Wildman–Crippen LogP) is 2.53. The minimum absolute atomic E-state index is 0.00103. The monoisotopic (exact) mass is 346 g/mol. The van der Waals surface area contributed by atoms with Crippen molar-refractivity contribution in [1.82, 2.24) is 0 Å². The molecule has 0 saturated carbocycles. The van der Waals surface area contributed by atoms with Crippen molar-refractivity contribution in [2.45, 2.75) is 39.4 Å². The number of phenolic OH excluding ortho intramolecular Hbond substituents is 2. The number of benzene rings is 1. The van der Waals surface area contributed by atoms with E-state index in [9.17, 15) is 24.9 Å². The zero-order valence-electron chi connectivity index (χ0n) is 14.4. The summed E-state index contributed by atoms with van der Waals surface area (Å²) in [6.45, 7) is 5.35. The van der Waals surface area contributed by atoms with Gasteiger partial charge < -0.3 is 20.1 Å². The van der Waals surface area contributed by atoms with Gasteiger partial charge in [0.2, 0.25) is 0 Å². The number of carbonyl (C=O) groups excluding carboxylic acids is 2. The molecule has 0 fully saturated rings. The molecule has 0 spiro atoms. The Morgan fingerprint density at radius 1 is 1.16 bits per heavy atom. The lowest BCUT2D eigenvalue weighted by Crippen LogP contribution is -2.29. The number of ether oxygens (including phenoxy) is 1. The molecule has 0 heterocycles. The second kappa shape index (κ2) is 7.63. The minimum atomic E-state index is -0.740. The maximum atomic E-state index is 12.8. The van der Waals surface area contributed by atoms with Crippen LogP contribution in [0.25, 0.3) is 0 Å². The number of carbonyl (C=O) groups is 2. The van der Waals surface area contributed by atoms with E-state index in [1.54, 1.807) is 6.92 Å². The van der Waals surface area contributed by atoms with Crippen LogP contribution in [-0.4, -0.2) is 45.7 Å². The van der Waals surface area contributed by atoms with Crippen molar-refractivity contribution in [3.63, 3.8) is 0 Å². The highest BCUT2D eigenvalue weighted by Crippen LogP contribution is 2.36. The molecule has 1 aromatic rings. The normalized spacial score (nSPS) is 16.1. The standard InChI is InChI=1S/C19H22O6/c1-10(2)4-7-16(25-9-11(3)20)12-8-15(23)17-13(21)5-6-14(22)18(17)19(12)24/h4-6,8,11,16,20-22H,7,9H2,1-3H3/t11-,16+/m0/s1. The van der Waals surface area contributed by atoms with Crippen molar-refractivity contribution < 1.29 is 29.6 Å². The molecule has 2 rings (SSSR count). The minimum Gasteiger partial charge on any atom is -0.507 e. The van der Waals surface area contributed by atoms with E-state index in [1.807, 2.05) is 19.9 Å². The fourth-order valence-corrected chi connectivity index (χ4v) is 2.61. The lowest BCUT2D eigenvalue weighted by Gasteiger charge is -2.24. The fraction of sp³-hybridized carbons (Fsp3) is 0.368. The number of hydrogen-bond donors (Lipinski definition) is 3. The predicted molar refractivity (Wildman–Crippen MR) is 92.0 cm³/mol. The van der Waals surface area contributed by atoms with Gasteiger partial charge in [0.25, 0.3) is 0 Å². The zero-order chi connectivity index (χ0) is 18.7. The molecule has 1 aliphatic rings. The third kappa shape index (κ3) is 4.15. The second-order valence-corrected chi connectivity index (χ2v) is 6.34. The Labute approximate surface area is 146 Å². The molecule has 0 amide bonds. The van der Waals surface area contributed by atoms with E-state index < -0.39 is 23.8 Å². The largest absolute Gasteiger partial charge is 0.507 e. The van der Waals surface area contributed by atoms with Gasteiger partial charge in [-0.2, -0.15) is 0 Å². The number of phenols is 2. The Bertz CT molecular complexity index is 753. The van der Waals surface area contributed by atoms with E-state index in [0.29, 0.717) is 6.42 Å². The maximum Gasteiger partial charge on any atom is 0.196 e. The van der Waals surface area contributed by atoms with Crippen LogP contribution in [0.1, 0.15) is 47.9 Å². The van der Waals surface area contributed by atoms with Gasteiger partial charge in [-0.15, -0.1) is 0 Å². The maximum absolute atomic E-state index is 12.8. The second-order valence-electron chi connectivity index (χ2n) is 6.34. The van der Waals surface area contributed by atoms with Crippen molar-refractivity contribution in [1.29, 1.82) is 0 Å². The van der Waals surface area contributed by atoms with Gasteiger partial charge in [-0.1, -0.05) is 11.6 Å². The molecule has 0 radical (unpaired) electrons. The van der Waals surface area contributed by atoms with Gasteiger partial charge >= 0.3 is 0 Å². The van der Waals surface area contributed by atoms with E-state index in [1.165, 1.54) is 12.1 Å². The summed E-state index contributed by atoms with van der Waals surface area (Å²) in [7, 11) is 0. The number of ketones is 2. The third-order valence-corrected chi connectivity index (χ3v) is 3.81. The summed E-state index contributed by atoms with van der Waals surface area (Å²) in [5.41, 5.74) is 0.689. The van der Waals surface area contributed by atoms with Crippen molar-refractivity contribution in [3.8, 4) is 11.5 Å². The van der Waals surface area contributed by atoms with Crippen LogP contribution in [0, 0.1) is 0 Å². The van der Waals surface area contributed by atoms with Crippen molar-refractivity contribution >= 4 is 11.6 Å². The van der Waals surface area contributed by atoms with Gasteiger partial charge in [0.15, 0.2) is 11.6 Å². The summed E-state index contributed by atoms with van der Waals surface area (Å²) >= 11 is 0. The SMILES string of the molecule is CC(C)=CC[C@@H](OC[C@H](C)O)C1=CC(=O)c2c(O)ccc(O)c2C1=O. The van der Waals surface area contributed by atoms with Crippen LogP contribution in [0.2, 0.25) is 0 Å². The van der Waals surface area contributed by atoms with Crippen LogP contribution in [0.5, 0.6) is 11.5 Å². The zero-order valence-corrected chi connectivity index (χ0v) is 14.4. The molecule has 134 valence electrons. The van der Waals surface area contributed by atoms with Gasteiger partial charge in [-0.05, 0) is 45.4 Å². The number of aromatic hydroxyl groups is 2. The number of rotatable bonds is 6. The average molecular weight is 346 g/mol. The molecule has 0 unspecified atom stereocenters. The highest BCUT2D eigenvalue weighted by Gasteiger charge is 2.34. The first-order chi connectivity index (χ1) is 11.7. The molecule has 1 aromatic carbocycles. The quantitative estimate of drug-likeness (QED) is 0.540. The first-order valence-corrected chi connectivity index (χ1v) is 8.01. The molecule has 0 bridgehead atoms. The summed E-state index contributed by atoms with van der Waals surface area (Å²) < 4.78 is 5.62. The molecule has 25 heavy (non-hydrogen) atoms. The Morgan fingerprint density at radius 2 is 1.76 bits per heavy atom. The smallest absolute Gasteiger partial charge is 0.196 e. The summed E-state index contributed by atoms with van der Waals surface area (Å²) in [5, 5.41) is 29.3. The van der Waals surface area contributed by atoms with Crippen LogP contribution in [0.15, 0.2) is 35.4 Å². The molecule has 3 N–H and O–H groups in total. The van der Waals surface area contributed by atoms with E-state index in [2.05, 4.69) is 0 Å². The molecule has 0 aliphatic heterocycles. The highest BCUT2D eigenvalue weighted by molar-refractivity contribution is 6.27. The van der Waals surface area contributed by atoms with Crippen LogP contribution in [0.4, 0.5) is 0 Å². The van der Waals surface area contributed by atoms with E-state index in [-0.39, 0.29) is 34.8 Å². The van der Waals surface area contributed by atoms with Crippen LogP contribution in [-0.2, 0) is 4.74 Å². The number of allylic oxidation sites excluding steroid dienone is 2. The van der Waals surface area contributed by atoms with E-state index in [4.69, 9.17) is 4.74 Å². The van der Waals surface area contributed by atoms with E-state index in [0.717, 1.165) is 11.6 Å². The summed E-state index contributed by atoms with van der Waals surface area (Å²) in [5.74, 6) is -1.86. The fourth-order valence-electron chi connectivity index (χ4n) is 2.61. The number of Topliss-reactive ketones (excluding diaryl/α,β-unsaturated/α-hetero) is 1. The Hall–Kier alpha value is -2.44. The lowest BCUT2D eigenvalue weighted by atomic mass is 9.85. The first-order valence-electron chi connectivity index (χ1n) is 8.01. The summed E-state index contributed by atoms with van der Waals surface area (Å²) in [4.78, 5) is 25.2. The molecule has 0 aromatic heterocycles. The number of aliphatic hydroxyl groups is 1. The lowest BCUT2D eigenvalue weighted by molar-refractivity contribution is 0.0134. The van der Waals surface area contributed by atoms with Crippen molar-refractivity contribution in [2.75, 3.05) is 6.61 Å². The Kier molecular flexibility index (Phi) is 5.77. The van der Waals surface area contributed by atoms with E-state index >= 15 is 0 Å². The van der Waals surface area contributed by atoms with Gasteiger partial charge in [0, 0.05) is 5.57 Å². The highest BCUT2D eigenvalue weighted by atomic mass is 16.5. The average Bonchev–Trinajstić information content (AvgIpc) is 2.53. The summed E-state index contributed by atoms with van der Waals surface area (Å²) in [6.07, 6.45) is 1.87. The van der Waals surface area contributed by atoms with Gasteiger partial charge in [0.1, 0.15) is 11.5 Å². The molecular formula is C19H22O6. The molecule has 1 aliphatic carbocycles. The topological polar surface area (TPSA) is 104 Å². The van der Waals surface area contributed by atoms with Crippen LogP contribution < -0.4 is 0 Å². The number of aliphatic hydroxyl groups excluding tert-OH is 1. The Balaban J connectivity index is 2.44. The molecular weight excluding hydrogens is 324 g/mol. The Morgan fingerprint density at radius 3 is 2.32 bits per heavy atom. The number of hydrogen-bond acceptors (Lipinski definition) is 6. The van der Waals surface area contributed by atoms with Gasteiger partial charge in [-0.3, -0.25) is 9.59 Å². The molecule has 0 saturated heterocycles. The molecule has 6 heteroatoms. The number of fused-ring (bicyclic) bond motifs is 1. The van der Waals surface area contributed by atoms with Crippen molar-refractivity contribution in [2.24, 2.45) is 0 Å². The molecule has 6 nitrogen and oxygen atoms in total. The molecule has 2 atom stereocenters. The summed E-state index contributed by atoms with van der Waals surface area (Å²) in [6, 6.07) is 2.34. The van der Waals surface area contributed by atoms with Gasteiger partial charge in [0.05, 0.1) is 29.9 Å². The van der Waals surface area contributed by atoms with Gasteiger partial charge in [-0.25, -0.2) is 0 Å².